The molecule has 0 aliphatic heterocycles. The molecule has 7 heteroatoms. The smallest absolute Gasteiger partial charge is 0.238 e. The molecule has 1 aliphatic rings. The molecule has 1 unspecified atom stereocenters. The van der Waals surface area contributed by atoms with Gasteiger partial charge in [0.05, 0.1) is 56.1 Å². The average molecular weight is 816 g/mol. The van der Waals surface area contributed by atoms with Gasteiger partial charge >= 0.3 is 0 Å². The summed E-state index contributed by atoms with van der Waals surface area (Å²) in [6, 6.07) is 58.2. The first-order valence-electron chi connectivity index (χ1n) is 22.4. The Hall–Kier alpha value is -7.56. The first-order chi connectivity index (χ1) is 31.0. The van der Waals surface area contributed by atoms with Crippen molar-refractivity contribution in [2.75, 3.05) is 0 Å². The molecular formula is C56H45N7. The fourth-order valence-corrected chi connectivity index (χ4v) is 11.1. The highest BCUT2D eigenvalue weighted by molar-refractivity contribution is 6.17. The second kappa shape index (κ2) is 14.5. The van der Waals surface area contributed by atoms with Crippen LogP contribution >= 0.6 is 0 Å². The highest BCUT2D eigenvalue weighted by Crippen LogP contribution is 2.45. The van der Waals surface area contributed by atoms with Gasteiger partial charge in [0, 0.05) is 43.3 Å². The molecule has 7 nitrogen and oxygen atoms in total. The number of nitrogens with zero attached hydrogens (tertiary/aromatic N) is 7. The summed E-state index contributed by atoms with van der Waals surface area (Å²) >= 11 is 0. The van der Waals surface area contributed by atoms with Gasteiger partial charge in [-0.25, -0.2) is 4.98 Å². The fourth-order valence-electron chi connectivity index (χ4n) is 11.1. The van der Waals surface area contributed by atoms with Crippen LogP contribution in [0, 0.1) is 17.2 Å². The Morgan fingerprint density at radius 3 is 1.71 bits per heavy atom. The normalized spacial score (nSPS) is 17.0. The molecule has 0 radical (unpaired) electrons. The summed E-state index contributed by atoms with van der Waals surface area (Å²) in [5.41, 5.74) is 9.67. The second-order valence-electron chi connectivity index (χ2n) is 17.6. The first kappa shape index (κ1) is 37.2. The summed E-state index contributed by atoms with van der Waals surface area (Å²) in [6.45, 7) is 4.69. The number of benzene rings is 7. The fraction of sp³-hybridized carbons (Fsp3) is 0.179. The predicted molar refractivity (Wildman–Crippen MR) is 257 cm³/mol. The molecule has 1 fully saturated rings. The SMILES string of the molecule is CCC1(c2nc(-c3cc(C#N)ccc3-n3c4ccccc4c4c(-n5c6ccccc6c6ccccc65)cccc43)nc(-n3c4ccccc4c4ccccc43)n2)CCCC[C@H](C)C1. The molecular weight excluding hydrogens is 771 g/mol. The van der Waals surface area contributed by atoms with Crippen LogP contribution in [0.4, 0.5) is 0 Å². The third-order valence-electron chi connectivity index (χ3n) is 14.0. The summed E-state index contributed by atoms with van der Waals surface area (Å²) in [6.07, 6.45) is 6.51. The summed E-state index contributed by atoms with van der Waals surface area (Å²) in [7, 11) is 0. The molecule has 4 heterocycles. The van der Waals surface area contributed by atoms with Crippen molar-refractivity contribution in [2.24, 2.45) is 5.92 Å². The number of fused-ring (bicyclic) bond motifs is 9. The lowest BCUT2D eigenvalue weighted by molar-refractivity contribution is 0.299. The highest BCUT2D eigenvalue weighted by atomic mass is 15.2. The monoisotopic (exact) mass is 815 g/mol. The van der Waals surface area contributed by atoms with E-state index in [9.17, 15) is 5.26 Å². The molecule has 1 aliphatic carbocycles. The van der Waals surface area contributed by atoms with E-state index in [1.165, 1.54) is 23.6 Å². The molecule has 0 saturated heterocycles. The van der Waals surface area contributed by atoms with E-state index in [2.05, 4.69) is 179 Å². The van der Waals surface area contributed by atoms with Crippen molar-refractivity contribution in [1.82, 2.24) is 28.7 Å². The Morgan fingerprint density at radius 1 is 0.571 bits per heavy atom. The third kappa shape index (κ3) is 5.67. The standard InChI is InChI=1S/C56H45N7/c1-3-56(32-15-14-17-36(2)34-56)54-58-53(59-55(60-54)63-46-25-11-6-20-40(46)41-21-7-12-26-47(41)63)43-33-37(35-57)30-31-49(43)62-48-27-13-8-22-42(48)52-50(28-16-29-51(52)62)61-44-23-9-4-18-38(44)39-19-5-10-24-45(39)61/h4-13,16,18-31,33,36H,3,14-15,17,32,34H2,1-2H3/t36-,56?/m0/s1. The number of para-hydroxylation sites is 5. The van der Waals surface area contributed by atoms with E-state index >= 15 is 0 Å². The van der Waals surface area contributed by atoms with E-state index in [1.54, 1.807) is 0 Å². The van der Waals surface area contributed by atoms with Gasteiger partial charge in [0.1, 0.15) is 5.82 Å². The van der Waals surface area contributed by atoms with E-state index in [-0.39, 0.29) is 5.41 Å². The zero-order valence-corrected chi connectivity index (χ0v) is 35.5. The van der Waals surface area contributed by atoms with Crippen LogP contribution in [0.3, 0.4) is 0 Å². The Balaban J connectivity index is 1.17. The van der Waals surface area contributed by atoms with Gasteiger partial charge in [-0.2, -0.15) is 15.2 Å². The number of rotatable bonds is 6. The Bertz CT molecular complexity index is 3550. The van der Waals surface area contributed by atoms with Crippen molar-refractivity contribution in [1.29, 1.82) is 5.26 Å². The molecule has 0 bridgehead atoms. The minimum absolute atomic E-state index is 0.224. The van der Waals surface area contributed by atoms with Gasteiger partial charge in [0.2, 0.25) is 5.95 Å². The number of hydrogen-bond donors (Lipinski definition) is 0. The third-order valence-corrected chi connectivity index (χ3v) is 14.0. The maximum absolute atomic E-state index is 10.5. The van der Waals surface area contributed by atoms with Gasteiger partial charge in [-0.05, 0) is 85.8 Å². The molecule has 304 valence electrons. The molecule has 2 atom stereocenters. The van der Waals surface area contributed by atoms with Crippen molar-refractivity contribution in [2.45, 2.75) is 57.8 Å². The highest BCUT2D eigenvalue weighted by Gasteiger charge is 2.38. The molecule has 12 rings (SSSR count). The minimum Gasteiger partial charge on any atom is -0.309 e. The van der Waals surface area contributed by atoms with Crippen LogP contribution < -0.4 is 0 Å². The van der Waals surface area contributed by atoms with Crippen LogP contribution in [0.2, 0.25) is 0 Å². The van der Waals surface area contributed by atoms with Crippen LogP contribution in [-0.2, 0) is 5.41 Å². The minimum atomic E-state index is -0.224. The topological polar surface area (TPSA) is 77.2 Å². The van der Waals surface area contributed by atoms with Gasteiger partial charge in [-0.15, -0.1) is 0 Å². The van der Waals surface area contributed by atoms with E-state index in [1.807, 2.05) is 12.1 Å². The molecule has 1 saturated carbocycles. The lowest BCUT2D eigenvalue weighted by atomic mass is 9.75. The van der Waals surface area contributed by atoms with E-state index in [4.69, 9.17) is 15.0 Å². The summed E-state index contributed by atoms with van der Waals surface area (Å²) in [5.74, 6) is 2.55. The van der Waals surface area contributed by atoms with Crippen molar-refractivity contribution in [3.63, 3.8) is 0 Å². The maximum atomic E-state index is 10.5. The Morgan fingerprint density at radius 2 is 1.11 bits per heavy atom. The van der Waals surface area contributed by atoms with E-state index < -0.39 is 0 Å². The zero-order chi connectivity index (χ0) is 42.2. The van der Waals surface area contributed by atoms with Crippen LogP contribution in [-0.4, -0.2) is 28.7 Å². The lowest BCUT2D eigenvalue weighted by Crippen LogP contribution is -2.30. The van der Waals surface area contributed by atoms with Gasteiger partial charge < -0.3 is 9.13 Å². The second-order valence-corrected chi connectivity index (χ2v) is 17.6. The molecule has 63 heavy (non-hydrogen) atoms. The molecule has 7 aromatic carbocycles. The van der Waals surface area contributed by atoms with Crippen molar-refractivity contribution in [3.8, 4) is 34.8 Å². The Labute approximate surface area is 365 Å². The zero-order valence-electron chi connectivity index (χ0n) is 35.5. The molecule has 0 spiro atoms. The maximum Gasteiger partial charge on any atom is 0.238 e. The molecule has 0 amide bonds. The number of aromatic nitrogens is 6. The lowest BCUT2D eigenvalue weighted by Gasteiger charge is -2.32. The average Bonchev–Trinajstić information content (AvgIpc) is 3.92. The van der Waals surface area contributed by atoms with Crippen molar-refractivity contribution >= 4 is 65.4 Å². The van der Waals surface area contributed by atoms with Gasteiger partial charge in [0.25, 0.3) is 0 Å². The molecule has 4 aromatic heterocycles. The van der Waals surface area contributed by atoms with Crippen LogP contribution in [0.1, 0.15) is 63.8 Å². The van der Waals surface area contributed by atoms with Crippen LogP contribution in [0.15, 0.2) is 158 Å². The Kier molecular flexibility index (Phi) is 8.58. The van der Waals surface area contributed by atoms with Crippen LogP contribution in [0.5, 0.6) is 0 Å². The predicted octanol–water partition coefficient (Wildman–Crippen LogP) is 13.9. The summed E-state index contributed by atoms with van der Waals surface area (Å²) < 4.78 is 6.98. The molecule has 0 N–H and O–H groups in total. The summed E-state index contributed by atoms with van der Waals surface area (Å²) in [4.78, 5) is 16.6. The van der Waals surface area contributed by atoms with Crippen molar-refractivity contribution < 1.29 is 0 Å². The number of nitriles is 1. The van der Waals surface area contributed by atoms with Gasteiger partial charge in [0.15, 0.2) is 5.82 Å². The van der Waals surface area contributed by atoms with Gasteiger partial charge in [-0.1, -0.05) is 130 Å². The van der Waals surface area contributed by atoms with E-state index in [0.29, 0.717) is 23.3 Å². The number of hydrogen-bond acceptors (Lipinski definition) is 4. The molecule has 11 aromatic rings. The van der Waals surface area contributed by atoms with Gasteiger partial charge in [-0.3, -0.25) is 4.57 Å². The largest absolute Gasteiger partial charge is 0.309 e. The van der Waals surface area contributed by atoms with Crippen LogP contribution in [0.25, 0.3) is 94.1 Å². The first-order valence-corrected chi connectivity index (χ1v) is 22.4. The quantitative estimate of drug-likeness (QED) is 0.157. The van der Waals surface area contributed by atoms with Crippen molar-refractivity contribution in [3.05, 3.63) is 169 Å². The van der Waals surface area contributed by atoms with E-state index in [0.717, 1.165) is 103 Å². The summed E-state index contributed by atoms with van der Waals surface area (Å²) in [5, 5.41) is 17.6.